The van der Waals surface area contributed by atoms with Crippen molar-refractivity contribution < 1.29 is 22.0 Å². The number of hydrogen-bond acceptors (Lipinski definition) is 5. The number of carbonyl (C=O) groups excluding carboxylic acids is 1. The summed E-state index contributed by atoms with van der Waals surface area (Å²) in [5, 5.41) is 4.37. The summed E-state index contributed by atoms with van der Waals surface area (Å²) in [6.07, 6.45) is 1.49. The summed E-state index contributed by atoms with van der Waals surface area (Å²) >= 11 is 1.05. The number of thiophene rings is 1. The van der Waals surface area contributed by atoms with E-state index in [0.717, 1.165) is 15.6 Å². The SMILES string of the molecule is CN(c1ccc(F)cc1)S(=O)(=O)c1c(-c2ccccc2)csc1C(=O)NCc1ccco1. The minimum Gasteiger partial charge on any atom is -0.467 e. The van der Waals surface area contributed by atoms with Crippen molar-refractivity contribution in [3.05, 3.63) is 94.8 Å². The Morgan fingerprint density at radius 2 is 1.78 bits per heavy atom. The van der Waals surface area contributed by atoms with Gasteiger partial charge in [0.1, 0.15) is 21.4 Å². The largest absolute Gasteiger partial charge is 0.467 e. The number of anilines is 1. The molecule has 4 rings (SSSR count). The molecular weight excluding hydrogens is 451 g/mol. The number of furan rings is 1. The normalized spacial score (nSPS) is 11.3. The van der Waals surface area contributed by atoms with Crippen molar-refractivity contribution in [2.24, 2.45) is 0 Å². The second-order valence-electron chi connectivity index (χ2n) is 6.88. The van der Waals surface area contributed by atoms with E-state index in [1.165, 1.54) is 37.6 Å². The molecule has 0 fully saturated rings. The van der Waals surface area contributed by atoms with E-state index in [9.17, 15) is 17.6 Å². The summed E-state index contributed by atoms with van der Waals surface area (Å²) in [6, 6.07) is 17.5. The van der Waals surface area contributed by atoms with Gasteiger partial charge < -0.3 is 9.73 Å². The standard InChI is InChI=1S/C23H19FN2O4S2/c1-26(18-11-9-17(24)10-12-18)32(28,29)22-20(16-6-3-2-4-7-16)15-31-21(22)23(27)25-14-19-8-5-13-30-19/h2-13,15H,14H2,1H3,(H,25,27). The van der Waals surface area contributed by atoms with Crippen molar-refractivity contribution in [1.82, 2.24) is 5.32 Å². The van der Waals surface area contributed by atoms with Gasteiger partial charge in [-0.15, -0.1) is 11.3 Å². The second-order valence-corrected chi connectivity index (χ2v) is 9.67. The number of nitrogens with one attached hydrogen (secondary N) is 1. The van der Waals surface area contributed by atoms with Gasteiger partial charge in [-0.1, -0.05) is 30.3 Å². The second kappa shape index (κ2) is 8.97. The van der Waals surface area contributed by atoms with Crippen molar-refractivity contribution >= 4 is 33.0 Å². The topological polar surface area (TPSA) is 79.6 Å². The Hall–Kier alpha value is -3.43. The predicted octanol–water partition coefficient (Wildman–Crippen LogP) is 4.90. The molecule has 0 saturated heterocycles. The van der Waals surface area contributed by atoms with E-state index in [-0.39, 0.29) is 22.0 Å². The van der Waals surface area contributed by atoms with Gasteiger partial charge in [-0.25, -0.2) is 12.8 Å². The van der Waals surface area contributed by atoms with Crippen LogP contribution in [-0.4, -0.2) is 21.4 Å². The quantitative estimate of drug-likeness (QED) is 0.417. The number of benzene rings is 2. The van der Waals surface area contributed by atoms with Crippen molar-refractivity contribution in [2.45, 2.75) is 11.4 Å². The number of halogens is 1. The Kier molecular flexibility index (Phi) is 6.11. The van der Waals surface area contributed by atoms with Crippen molar-refractivity contribution in [3.8, 4) is 11.1 Å². The van der Waals surface area contributed by atoms with Gasteiger partial charge in [-0.05, 0) is 42.0 Å². The monoisotopic (exact) mass is 470 g/mol. The fourth-order valence-electron chi connectivity index (χ4n) is 3.16. The summed E-state index contributed by atoms with van der Waals surface area (Å²) in [7, 11) is -2.78. The maximum atomic E-state index is 13.7. The molecular formula is C23H19FN2O4S2. The molecule has 0 unspecified atom stereocenters. The van der Waals surface area contributed by atoms with Gasteiger partial charge in [0.15, 0.2) is 0 Å². The Morgan fingerprint density at radius 1 is 1.06 bits per heavy atom. The van der Waals surface area contributed by atoms with Gasteiger partial charge in [-0.3, -0.25) is 9.10 Å². The molecule has 164 valence electrons. The van der Waals surface area contributed by atoms with Crippen LogP contribution in [0.4, 0.5) is 10.1 Å². The van der Waals surface area contributed by atoms with Gasteiger partial charge in [0.25, 0.3) is 15.9 Å². The van der Waals surface area contributed by atoms with E-state index in [4.69, 9.17) is 4.42 Å². The van der Waals surface area contributed by atoms with E-state index < -0.39 is 21.7 Å². The smallest absolute Gasteiger partial charge is 0.266 e. The van der Waals surface area contributed by atoms with Crippen LogP contribution in [0.25, 0.3) is 11.1 Å². The molecule has 1 N–H and O–H groups in total. The molecule has 2 heterocycles. The molecule has 0 radical (unpaired) electrons. The van der Waals surface area contributed by atoms with E-state index in [0.29, 0.717) is 16.9 Å². The van der Waals surface area contributed by atoms with Crippen LogP contribution in [0.15, 0.2) is 87.7 Å². The zero-order valence-corrected chi connectivity index (χ0v) is 18.6. The highest BCUT2D eigenvalue weighted by Gasteiger charge is 2.32. The highest BCUT2D eigenvalue weighted by Crippen LogP contribution is 2.38. The molecule has 0 atom stereocenters. The molecule has 32 heavy (non-hydrogen) atoms. The summed E-state index contributed by atoms with van der Waals surface area (Å²) in [5.74, 6) is -0.455. The van der Waals surface area contributed by atoms with Crippen LogP contribution in [0.3, 0.4) is 0 Å². The van der Waals surface area contributed by atoms with E-state index in [1.807, 2.05) is 6.07 Å². The van der Waals surface area contributed by atoms with Crippen LogP contribution in [0.2, 0.25) is 0 Å². The first kappa shape index (κ1) is 21.8. The molecule has 2 aromatic heterocycles. The summed E-state index contributed by atoms with van der Waals surface area (Å²) in [6.45, 7) is 0.123. The Bertz CT molecular complexity index is 1320. The zero-order chi connectivity index (χ0) is 22.7. The number of carbonyl (C=O) groups is 1. The molecule has 0 aliphatic heterocycles. The highest BCUT2D eigenvalue weighted by atomic mass is 32.2. The Morgan fingerprint density at radius 3 is 2.44 bits per heavy atom. The molecule has 2 aromatic carbocycles. The number of amides is 1. The third kappa shape index (κ3) is 4.30. The van der Waals surface area contributed by atoms with Crippen LogP contribution in [0, 0.1) is 5.82 Å². The Labute approximate surface area is 189 Å². The van der Waals surface area contributed by atoms with E-state index in [2.05, 4.69) is 5.32 Å². The minimum absolute atomic E-state index is 0.0596. The molecule has 0 saturated carbocycles. The van der Waals surface area contributed by atoms with Gasteiger partial charge in [-0.2, -0.15) is 0 Å². The maximum Gasteiger partial charge on any atom is 0.266 e. The average Bonchev–Trinajstić information content (AvgIpc) is 3.48. The average molecular weight is 471 g/mol. The van der Waals surface area contributed by atoms with Crippen LogP contribution in [0.1, 0.15) is 15.4 Å². The summed E-state index contributed by atoms with van der Waals surface area (Å²) < 4.78 is 47.0. The van der Waals surface area contributed by atoms with Crippen molar-refractivity contribution in [1.29, 1.82) is 0 Å². The van der Waals surface area contributed by atoms with Crippen molar-refractivity contribution in [2.75, 3.05) is 11.4 Å². The lowest BCUT2D eigenvalue weighted by atomic mass is 10.1. The molecule has 1 amide bonds. The maximum absolute atomic E-state index is 13.7. The van der Waals surface area contributed by atoms with Crippen LogP contribution in [0.5, 0.6) is 0 Å². The molecule has 0 bridgehead atoms. The third-order valence-electron chi connectivity index (χ3n) is 4.85. The lowest BCUT2D eigenvalue weighted by molar-refractivity contribution is 0.0949. The van der Waals surface area contributed by atoms with E-state index >= 15 is 0 Å². The summed E-state index contributed by atoms with van der Waals surface area (Å²) in [5.41, 5.74) is 1.37. The van der Waals surface area contributed by atoms with Gasteiger partial charge in [0.05, 0.1) is 18.5 Å². The highest BCUT2D eigenvalue weighted by molar-refractivity contribution is 7.93. The van der Waals surface area contributed by atoms with Crippen LogP contribution >= 0.6 is 11.3 Å². The first-order chi connectivity index (χ1) is 15.4. The van der Waals surface area contributed by atoms with Crippen LogP contribution < -0.4 is 9.62 Å². The lowest BCUT2D eigenvalue weighted by Gasteiger charge is -2.21. The number of rotatable bonds is 7. The van der Waals surface area contributed by atoms with Gasteiger partial charge in [0.2, 0.25) is 0 Å². The molecule has 0 spiro atoms. The minimum atomic E-state index is -4.15. The molecule has 6 nitrogen and oxygen atoms in total. The molecule has 4 aromatic rings. The van der Waals surface area contributed by atoms with Crippen molar-refractivity contribution in [3.63, 3.8) is 0 Å². The lowest BCUT2D eigenvalue weighted by Crippen LogP contribution is -2.30. The fourth-order valence-corrected chi connectivity index (χ4v) is 6.04. The molecule has 9 heteroatoms. The van der Waals surface area contributed by atoms with E-state index in [1.54, 1.807) is 41.8 Å². The van der Waals surface area contributed by atoms with Gasteiger partial charge in [0, 0.05) is 18.0 Å². The summed E-state index contributed by atoms with van der Waals surface area (Å²) in [4.78, 5) is 12.9. The zero-order valence-electron chi connectivity index (χ0n) is 17.0. The first-order valence-corrected chi connectivity index (χ1v) is 11.9. The predicted molar refractivity (Wildman–Crippen MR) is 122 cm³/mol. The number of hydrogen-bond donors (Lipinski definition) is 1. The van der Waals surface area contributed by atoms with Gasteiger partial charge >= 0.3 is 0 Å². The number of nitrogens with zero attached hydrogens (tertiary/aromatic N) is 1. The molecule has 0 aliphatic rings. The van der Waals surface area contributed by atoms with Crippen LogP contribution in [-0.2, 0) is 16.6 Å². The number of sulfonamides is 1. The third-order valence-corrected chi connectivity index (χ3v) is 7.83. The fraction of sp³-hybridized carbons (Fsp3) is 0.0870. The Balaban J connectivity index is 1.77. The first-order valence-electron chi connectivity index (χ1n) is 9.60. The molecule has 0 aliphatic carbocycles.